The number of fused-ring (bicyclic) bond motifs is 2. The molecule has 5 rings (SSSR count). The van der Waals surface area contributed by atoms with Crippen LogP contribution in [0, 0.1) is 10.1 Å². The van der Waals surface area contributed by atoms with E-state index in [0.717, 1.165) is 16.7 Å². The van der Waals surface area contributed by atoms with Gasteiger partial charge in [-0.2, -0.15) is 10.1 Å². The first-order valence-electron chi connectivity index (χ1n) is 9.19. The zero-order valence-electron chi connectivity index (χ0n) is 15.8. The number of nitro groups is 1. The highest BCUT2D eigenvalue weighted by molar-refractivity contribution is 7.13. The second kappa shape index (κ2) is 6.99. The lowest BCUT2D eigenvalue weighted by atomic mass is 9.94. The molecule has 3 aromatic rings. The first kappa shape index (κ1) is 18.4. The average molecular weight is 424 g/mol. The molecule has 0 aliphatic carbocycles. The minimum atomic E-state index is -0.433. The van der Waals surface area contributed by atoms with Crippen molar-refractivity contribution in [3.63, 3.8) is 0 Å². The number of ether oxygens (including phenoxy) is 2. The summed E-state index contributed by atoms with van der Waals surface area (Å²) in [6.07, 6.45) is 0.659. The van der Waals surface area contributed by atoms with Crippen molar-refractivity contribution in [1.82, 2.24) is 4.98 Å². The largest absolute Gasteiger partial charge is 0.493 e. The average Bonchev–Trinajstić information content (AvgIpc) is 3.33. The van der Waals surface area contributed by atoms with E-state index in [1.807, 2.05) is 19.1 Å². The van der Waals surface area contributed by atoms with Crippen molar-refractivity contribution < 1.29 is 19.5 Å². The van der Waals surface area contributed by atoms with Gasteiger partial charge in [-0.15, -0.1) is 0 Å². The Morgan fingerprint density at radius 2 is 1.97 bits per heavy atom. The number of hydrazone groups is 1. The van der Waals surface area contributed by atoms with Gasteiger partial charge >= 0.3 is 0 Å². The molecule has 2 aliphatic rings. The predicted octanol–water partition coefficient (Wildman–Crippen LogP) is 3.69. The normalized spacial score (nSPS) is 17.3. The summed E-state index contributed by atoms with van der Waals surface area (Å²) in [5.74, 6) is 1.26. The number of benzene rings is 2. The third-order valence-corrected chi connectivity index (χ3v) is 5.84. The van der Waals surface area contributed by atoms with Gasteiger partial charge in [-0.3, -0.25) is 10.1 Å². The lowest BCUT2D eigenvalue weighted by molar-refractivity contribution is -0.384. The molecule has 0 amide bonds. The number of anilines is 1. The summed E-state index contributed by atoms with van der Waals surface area (Å²) in [6.45, 7) is 2.19. The van der Waals surface area contributed by atoms with Gasteiger partial charge in [-0.25, -0.2) is 5.01 Å². The maximum atomic E-state index is 11.1. The molecule has 3 heterocycles. The van der Waals surface area contributed by atoms with Crippen molar-refractivity contribution >= 4 is 27.9 Å². The Bertz CT molecular complexity index is 1170. The van der Waals surface area contributed by atoms with E-state index in [2.05, 4.69) is 4.98 Å². The second-order valence-electron chi connectivity index (χ2n) is 7.00. The van der Waals surface area contributed by atoms with Crippen molar-refractivity contribution in [2.24, 2.45) is 5.10 Å². The van der Waals surface area contributed by atoms with Crippen molar-refractivity contribution in [2.75, 3.05) is 11.8 Å². The highest BCUT2D eigenvalue weighted by Crippen LogP contribution is 2.39. The molecule has 2 aromatic carbocycles. The van der Waals surface area contributed by atoms with Crippen LogP contribution in [0.2, 0.25) is 0 Å². The summed E-state index contributed by atoms with van der Waals surface area (Å²) in [6, 6.07) is 10.1. The van der Waals surface area contributed by atoms with Crippen LogP contribution >= 0.6 is 11.3 Å². The number of hydrogen-bond acceptors (Lipinski definition) is 9. The fourth-order valence-electron chi connectivity index (χ4n) is 3.59. The van der Waals surface area contributed by atoms with Crippen LogP contribution in [-0.2, 0) is 6.42 Å². The Morgan fingerprint density at radius 1 is 1.23 bits per heavy atom. The van der Waals surface area contributed by atoms with E-state index in [1.54, 1.807) is 22.5 Å². The van der Waals surface area contributed by atoms with Crippen LogP contribution < -0.4 is 14.5 Å². The third kappa shape index (κ3) is 3.11. The van der Waals surface area contributed by atoms with Crippen LogP contribution in [0.5, 0.6) is 17.4 Å². The van der Waals surface area contributed by atoms with E-state index in [4.69, 9.17) is 14.6 Å². The van der Waals surface area contributed by atoms with Gasteiger partial charge in [0.2, 0.25) is 17.8 Å². The molecular formula is C20H16N4O5S. The van der Waals surface area contributed by atoms with Gasteiger partial charge in [0.25, 0.3) is 5.69 Å². The first-order valence-corrected chi connectivity index (χ1v) is 10.1. The molecule has 1 aromatic heterocycles. The van der Waals surface area contributed by atoms with Crippen LogP contribution in [0.1, 0.15) is 23.6 Å². The second-order valence-corrected chi connectivity index (χ2v) is 7.84. The molecule has 0 bridgehead atoms. The molecule has 0 fully saturated rings. The summed E-state index contributed by atoms with van der Waals surface area (Å²) in [5, 5.41) is 29.5. The molecule has 2 aliphatic heterocycles. The molecule has 1 unspecified atom stereocenters. The monoisotopic (exact) mass is 424 g/mol. The number of aromatic hydroxyl groups is 1. The number of aromatic nitrogens is 1. The first-order chi connectivity index (χ1) is 14.5. The van der Waals surface area contributed by atoms with Crippen LogP contribution in [0.25, 0.3) is 0 Å². The third-order valence-electron chi connectivity index (χ3n) is 5.02. The van der Waals surface area contributed by atoms with Crippen LogP contribution in [0.4, 0.5) is 10.8 Å². The minimum absolute atomic E-state index is 0.00829. The molecule has 1 atom stereocenters. The summed E-state index contributed by atoms with van der Waals surface area (Å²) >= 11 is 1.29. The van der Waals surface area contributed by atoms with Crippen LogP contribution in [-0.4, -0.2) is 33.6 Å². The Labute approximate surface area is 175 Å². The zero-order chi connectivity index (χ0) is 20.8. The lowest BCUT2D eigenvalue weighted by Gasteiger charge is -2.22. The zero-order valence-corrected chi connectivity index (χ0v) is 16.6. The highest BCUT2D eigenvalue weighted by atomic mass is 32.1. The molecule has 0 saturated carbocycles. The predicted molar refractivity (Wildman–Crippen MR) is 111 cm³/mol. The highest BCUT2D eigenvalue weighted by Gasteiger charge is 2.29. The molecule has 1 N–H and O–H groups in total. The van der Waals surface area contributed by atoms with Crippen molar-refractivity contribution in [3.8, 4) is 17.4 Å². The SMILES string of the molecule is CC1Cc2cc3c(cc2C(c2ccc([N+](=O)[O-])cc2)=NN1c1nc(O)cs1)OCO3. The van der Waals surface area contributed by atoms with E-state index in [1.165, 1.54) is 23.5 Å². The fourth-order valence-corrected chi connectivity index (χ4v) is 4.32. The van der Waals surface area contributed by atoms with E-state index < -0.39 is 4.92 Å². The van der Waals surface area contributed by atoms with Gasteiger partial charge < -0.3 is 14.6 Å². The van der Waals surface area contributed by atoms with Gasteiger partial charge in [0.15, 0.2) is 11.5 Å². The number of non-ortho nitro benzene ring substituents is 1. The van der Waals surface area contributed by atoms with Gasteiger partial charge in [0, 0.05) is 23.3 Å². The number of rotatable bonds is 3. The Balaban J connectivity index is 1.68. The van der Waals surface area contributed by atoms with Gasteiger partial charge in [-0.1, -0.05) is 11.3 Å². The smallest absolute Gasteiger partial charge is 0.269 e. The number of hydrogen-bond donors (Lipinski definition) is 1. The molecule has 30 heavy (non-hydrogen) atoms. The maximum Gasteiger partial charge on any atom is 0.269 e. The fraction of sp³-hybridized carbons (Fsp3) is 0.200. The summed E-state index contributed by atoms with van der Waals surface area (Å²) in [7, 11) is 0. The number of nitrogens with zero attached hydrogens (tertiary/aromatic N) is 4. The van der Waals surface area contributed by atoms with Gasteiger partial charge in [0.05, 0.1) is 22.1 Å². The molecule has 10 heteroatoms. The standard InChI is InChI=1S/C20H16N4O5S/c1-11-6-13-7-16-17(29-10-28-16)8-15(13)19(12-2-4-14(5-3-12)24(26)27)22-23(11)20-21-18(25)9-30-20/h2-5,7-9,11,25H,6,10H2,1H3. The quantitative estimate of drug-likeness (QED) is 0.504. The van der Waals surface area contributed by atoms with Crippen molar-refractivity contribution in [3.05, 3.63) is 68.6 Å². The summed E-state index contributed by atoms with van der Waals surface area (Å²) in [5.41, 5.74) is 3.25. The molecule has 152 valence electrons. The Hall–Kier alpha value is -3.66. The van der Waals surface area contributed by atoms with Crippen LogP contribution in [0.15, 0.2) is 46.9 Å². The number of thiazole rings is 1. The Kier molecular flexibility index (Phi) is 4.28. The van der Waals surface area contributed by atoms with E-state index in [9.17, 15) is 15.2 Å². The van der Waals surface area contributed by atoms with Crippen molar-refractivity contribution in [2.45, 2.75) is 19.4 Å². The van der Waals surface area contributed by atoms with Gasteiger partial charge in [0.1, 0.15) is 0 Å². The molecular weight excluding hydrogens is 408 g/mol. The topological polar surface area (TPSA) is 110 Å². The summed E-state index contributed by atoms with van der Waals surface area (Å²) < 4.78 is 11.1. The summed E-state index contributed by atoms with van der Waals surface area (Å²) in [4.78, 5) is 14.8. The van der Waals surface area contributed by atoms with E-state index >= 15 is 0 Å². The minimum Gasteiger partial charge on any atom is -0.493 e. The lowest BCUT2D eigenvalue weighted by Crippen LogP contribution is -2.29. The Morgan fingerprint density at radius 3 is 2.63 bits per heavy atom. The molecule has 9 nitrogen and oxygen atoms in total. The van der Waals surface area contributed by atoms with Gasteiger partial charge in [-0.05, 0) is 43.2 Å². The van der Waals surface area contributed by atoms with E-state index in [-0.39, 0.29) is 24.4 Å². The van der Waals surface area contributed by atoms with E-state index in [0.29, 0.717) is 28.8 Å². The van der Waals surface area contributed by atoms with Crippen LogP contribution in [0.3, 0.4) is 0 Å². The van der Waals surface area contributed by atoms with Crippen molar-refractivity contribution in [1.29, 1.82) is 0 Å². The number of nitro benzene ring substituents is 1. The molecule has 0 saturated heterocycles. The molecule has 0 radical (unpaired) electrons. The molecule has 0 spiro atoms. The maximum absolute atomic E-state index is 11.1.